The summed E-state index contributed by atoms with van der Waals surface area (Å²) in [5.74, 6) is 0. The zero-order chi connectivity index (χ0) is 13.6. The van der Waals surface area contributed by atoms with Crippen molar-refractivity contribution in [3.8, 4) is 0 Å². The predicted molar refractivity (Wildman–Crippen MR) is 71.5 cm³/mol. The Morgan fingerprint density at radius 2 is 1.11 bits per heavy atom. The van der Waals surface area contributed by atoms with Gasteiger partial charge in [0.15, 0.2) is 0 Å². The third kappa shape index (κ3) is 43.2. The van der Waals surface area contributed by atoms with E-state index in [1.807, 2.05) is 0 Å². The number of unbranched alkanes of at least 4 members (excludes halogenated alkanes) is 9. The largest absolute Gasteiger partial charge is 0.466 e. The Labute approximate surface area is 145 Å². The molecule has 0 radical (unpaired) electrons. The van der Waals surface area contributed by atoms with Gasteiger partial charge in [-0.1, -0.05) is 64.7 Å². The molecular weight excluding hydrogens is 383 g/mol. The van der Waals surface area contributed by atoms with Crippen molar-refractivity contribution < 1.29 is 60.1 Å². The number of hydrogen-bond donors (Lipinski definition) is 3. The second kappa shape index (κ2) is 18.5. The van der Waals surface area contributed by atoms with Gasteiger partial charge in [-0.05, 0) is 0 Å². The fraction of sp³-hybridized carbons (Fsp3) is 0.917. The van der Waals surface area contributed by atoms with Gasteiger partial charge in [-0.2, -0.15) is 6.42 Å². The molecule has 4 nitrogen and oxygen atoms in total. The van der Waals surface area contributed by atoms with E-state index in [9.17, 15) is 0 Å². The first-order chi connectivity index (χ1) is 7.91. The molecule has 0 heterocycles. The molecule has 0 spiro atoms. The van der Waals surface area contributed by atoms with E-state index < -0.39 is 7.82 Å². The van der Waals surface area contributed by atoms with Gasteiger partial charge >= 0.3 is 7.82 Å². The van der Waals surface area contributed by atoms with Crippen molar-refractivity contribution in [3.63, 3.8) is 0 Å². The van der Waals surface area contributed by atoms with Crippen LogP contribution in [0.2, 0.25) is 0 Å². The maximum atomic E-state index is 8.88. The smallest absolute Gasteiger partial charge is 0.343 e. The van der Waals surface area contributed by atoms with Crippen LogP contribution in [0.4, 0.5) is 0 Å². The molecule has 0 aliphatic rings. The molecule has 110 valence electrons. The first-order valence-electron chi connectivity index (χ1n) is 6.49. The monoisotopic (exact) mass is 409 g/mol. The van der Waals surface area contributed by atoms with Gasteiger partial charge in [-0.3, -0.25) is 0 Å². The van der Waals surface area contributed by atoms with Crippen molar-refractivity contribution in [2.45, 2.75) is 71.1 Å². The summed E-state index contributed by atoms with van der Waals surface area (Å²) in [7, 11) is -4.64. The third-order valence-corrected chi connectivity index (χ3v) is 2.35. The average Bonchev–Trinajstić information content (AvgIpc) is 2.20. The van der Waals surface area contributed by atoms with Gasteiger partial charge in [0.2, 0.25) is 0 Å². The number of hydrogen-bond acceptors (Lipinski definition) is 1. The topological polar surface area (TPSA) is 77.8 Å². The normalized spacial score (nSPS) is 10.3. The van der Waals surface area contributed by atoms with Crippen LogP contribution in [-0.2, 0) is 4.57 Å². The molecule has 0 unspecified atom stereocenters. The average molecular weight is 412 g/mol. The zero-order valence-electron chi connectivity index (χ0n) is 11.5. The second-order valence-corrected chi connectivity index (χ2v) is 5.22. The molecule has 0 atom stereocenters. The van der Waals surface area contributed by atoms with Gasteiger partial charge in [-0.25, -0.2) is 4.57 Å². The molecule has 0 aliphatic heterocycles. The molecule has 0 saturated carbocycles. The zero-order valence-corrected chi connectivity index (χ0v) is 15.6. The summed E-state index contributed by atoms with van der Waals surface area (Å²) >= 11 is 0. The molecule has 0 bridgehead atoms. The summed E-state index contributed by atoms with van der Waals surface area (Å²) in [6.45, 7) is 6.12. The minimum atomic E-state index is -4.64. The van der Waals surface area contributed by atoms with Gasteiger partial charge in [0.25, 0.3) is 0 Å². The molecule has 0 amide bonds. The number of phosphoric acid groups is 1. The molecule has 3 N–H and O–H groups in total. The van der Waals surface area contributed by atoms with Gasteiger partial charge in [0, 0.05) is 40.8 Å². The van der Waals surface area contributed by atoms with Crippen molar-refractivity contribution >= 4 is 7.82 Å². The minimum Gasteiger partial charge on any atom is -0.343 e. The van der Waals surface area contributed by atoms with Crippen molar-refractivity contribution in [2.75, 3.05) is 0 Å². The summed E-state index contributed by atoms with van der Waals surface area (Å²) in [4.78, 5) is 21.6. The summed E-state index contributed by atoms with van der Waals surface area (Å²) in [6.07, 6.45) is 13.9. The van der Waals surface area contributed by atoms with E-state index in [-0.39, 0.29) is 40.8 Å². The van der Waals surface area contributed by atoms with Crippen LogP contribution in [0, 0.1) is 47.8 Å². The van der Waals surface area contributed by atoms with Crippen LogP contribution < -0.4 is 0 Å². The predicted octanol–water partition coefficient (Wildman–Crippen LogP) is 3.81. The molecule has 0 aromatic carbocycles. The van der Waals surface area contributed by atoms with Gasteiger partial charge in [0.05, 0.1) is 0 Å². The van der Waals surface area contributed by atoms with Crippen LogP contribution in [0.1, 0.15) is 71.1 Å². The first kappa shape index (κ1) is 24.5. The van der Waals surface area contributed by atoms with Crippen molar-refractivity contribution in [1.82, 2.24) is 0 Å². The molecule has 0 aromatic rings. The molecule has 0 saturated heterocycles. The van der Waals surface area contributed by atoms with E-state index in [1.165, 1.54) is 57.8 Å². The molecule has 0 rings (SSSR count). The Hall–Kier alpha value is 1.46. The van der Waals surface area contributed by atoms with Crippen LogP contribution in [-0.4, -0.2) is 14.7 Å². The summed E-state index contributed by atoms with van der Waals surface area (Å²) in [5.41, 5.74) is 0. The summed E-state index contributed by atoms with van der Waals surface area (Å²) in [5, 5.41) is 0. The number of rotatable bonds is 9. The van der Waals surface area contributed by atoms with Crippen LogP contribution in [0.25, 0.3) is 0 Å². The maximum Gasteiger partial charge on any atom is 0.466 e. The van der Waals surface area contributed by atoms with E-state index in [0.717, 1.165) is 6.42 Å². The van der Waals surface area contributed by atoms with Crippen molar-refractivity contribution in [1.29, 1.82) is 0 Å². The Kier molecular flexibility index (Phi) is 25.1. The quantitative estimate of drug-likeness (QED) is 0.306. The third-order valence-electron chi connectivity index (χ3n) is 2.35. The van der Waals surface area contributed by atoms with E-state index in [2.05, 4.69) is 13.8 Å². The molecule has 0 aromatic heterocycles. The first-order valence-corrected chi connectivity index (χ1v) is 8.05. The summed E-state index contributed by atoms with van der Waals surface area (Å²) < 4.78 is 8.88. The molecule has 6 heteroatoms. The van der Waals surface area contributed by atoms with E-state index in [0.29, 0.717) is 0 Å². The van der Waals surface area contributed by atoms with Crippen LogP contribution in [0.5, 0.6) is 0 Å². The Bertz CT molecular complexity index is 167. The molecule has 0 aliphatic carbocycles. The molecular formula is C12H28NdO4P-. The van der Waals surface area contributed by atoms with Crippen LogP contribution in [0.3, 0.4) is 0 Å². The van der Waals surface area contributed by atoms with E-state index in [4.69, 9.17) is 19.2 Å². The Balaban J connectivity index is -0.000000321. The van der Waals surface area contributed by atoms with Crippen LogP contribution in [0.15, 0.2) is 0 Å². The SMILES string of the molecule is O=P(O)(O)O.[CH2-]CCCCCCCCCCC.[Nd]. The maximum absolute atomic E-state index is 8.88. The Morgan fingerprint density at radius 3 is 1.39 bits per heavy atom. The summed E-state index contributed by atoms with van der Waals surface area (Å²) in [6, 6.07) is 0. The van der Waals surface area contributed by atoms with Gasteiger partial charge in [0.1, 0.15) is 0 Å². The fourth-order valence-corrected chi connectivity index (χ4v) is 1.49. The standard InChI is InChI=1S/C12H25.Nd.H3O4P/c1-3-5-7-9-11-12-10-8-6-4-2;;1-5(2,3)4/h1,3-12H2,2H3;;(H3,1,2,3,4)/q-1;;. The minimum absolute atomic E-state index is 0. The fourth-order valence-electron chi connectivity index (χ4n) is 1.49. The second-order valence-electron chi connectivity index (χ2n) is 4.20. The van der Waals surface area contributed by atoms with Crippen molar-refractivity contribution in [3.05, 3.63) is 6.92 Å². The van der Waals surface area contributed by atoms with Gasteiger partial charge < -0.3 is 21.6 Å². The molecule has 18 heavy (non-hydrogen) atoms. The van der Waals surface area contributed by atoms with Crippen molar-refractivity contribution in [2.24, 2.45) is 0 Å². The Morgan fingerprint density at radius 1 is 0.833 bits per heavy atom. The van der Waals surface area contributed by atoms with Gasteiger partial charge in [-0.15, -0.1) is 0 Å². The van der Waals surface area contributed by atoms with E-state index >= 15 is 0 Å². The van der Waals surface area contributed by atoms with Crippen LogP contribution >= 0.6 is 7.82 Å². The van der Waals surface area contributed by atoms with E-state index in [1.54, 1.807) is 0 Å². The molecule has 0 fully saturated rings.